The Bertz CT molecular complexity index is 438. The fraction of sp³-hybridized carbons (Fsp3) is 0.500. The maximum atomic E-state index is 12.7. The second kappa shape index (κ2) is 4.13. The Balaban J connectivity index is 2.34. The first kappa shape index (κ1) is 12.1. The zero-order chi connectivity index (χ0) is 12.6. The number of aromatic nitrogens is 1. The highest BCUT2D eigenvalue weighted by atomic mass is 19.4. The quantitative estimate of drug-likeness (QED) is 0.762. The number of carbonyl (C=O) groups excluding carboxylic acids is 1. The van der Waals surface area contributed by atoms with E-state index in [1.165, 1.54) is 0 Å². The Kier molecular flexibility index (Phi) is 2.93. The third kappa shape index (κ3) is 2.48. The summed E-state index contributed by atoms with van der Waals surface area (Å²) < 4.78 is 38.1. The first-order chi connectivity index (χ1) is 7.91. The van der Waals surface area contributed by atoms with Gasteiger partial charge >= 0.3 is 6.18 Å². The first-order valence-corrected chi connectivity index (χ1v) is 5.46. The van der Waals surface area contributed by atoms with E-state index in [0.29, 0.717) is 0 Å². The van der Waals surface area contributed by atoms with Crippen molar-refractivity contribution in [2.45, 2.75) is 25.9 Å². The Morgan fingerprint density at radius 3 is 2.65 bits per heavy atom. The summed E-state index contributed by atoms with van der Waals surface area (Å²) in [4.78, 5) is 15.6. The van der Waals surface area contributed by atoms with Gasteiger partial charge in [-0.1, -0.05) is 6.92 Å². The van der Waals surface area contributed by atoms with E-state index in [2.05, 4.69) is 4.98 Å². The molecule has 0 aliphatic heterocycles. The lowest BCUT2D eigenvalue weighted by Gasteiger charge is -2.14. The molecule has 1 heterocycles. The molecule has 2 nitrogen and oxygen atoms in total. The van der Waals surface area contributed by atoms with E-state index in [4.69, 9.17) is 0 Å². The third-order valence-corrected chi connectivity index (χ3v) is 3.13. The molecular formula is C12H12F3NO. The van der Waals surface area contributed by atoms with Crippen LogP contribution in [0.15, 0.2) is 18.5 Å². The van der Waals surface area contributed by atoms with E-state index in [1.807, 2.05) is 0 Å². The maximum absolute atomic E-state index is 12.7. The number of carbonyl (C=O) groups is 1. The van der Waals surface area contributed by atoms with Crippen LogP contribution < -0.4 is 0 Å². The van der Waals surface area contributed by atoms with Crippen molar-refractivity contribution >= 4 is 5.78 Å². The molecule has 1 aromatic heterocycles. The average Bonchev–Trinajstić information content (AvgIpc) is 3.10. The summed E-state index contributed by atoms with van der Waals surface area (Å²) in [6.45, 7) is 1.69. The number of halogens is 3. The van der Waals surface area contributed by atoms with Crippen molar-refractivity contribution in [1.82, 2.24) is 4.98 Å². The zero-order valence-corrected chi connectivity index (χ0v) is 9.29. The SMILES string of the molecule is CC(C(=O)c1cnccc1C(F)(F)F)C1CC1. The number of nitrogens with zero attached hydrogens (tertiary/aromatic N) is 1. The third-order valence-electron chi connectivity index (χ3n) is 3.13. The van der Waals surface area contributed by atoms with E-state index in [1.54, 1.807) is 6.92 Å². The topological polar surface area (TPSA) is 30.0 Å². The molecule has 0 bridgehead atoms. The van der Waals surface area contributed by atoms with Gasteiger partial charge in [-0.25, -0.2) is 0 Å². The summed E-state index contributed by atoms with van der Waals surface area (Å²) in [5.41, 5.74) is -1.19. The van der Waals surface area contributed by atoms with Gasteiger partial charge in [0.15, 0.2) is 5.78 Å². The molecule has 0 amide bonds. The van der Waals surface area contributed by atoms with Gasteiger partial charge in [-0.15, -0.1) is 0 Å². The Morgan fingerprint density at radius 2 is 2.12 bits per heavy atom. The highest BCUT2D eigenvalue weighted by molar-refractivity contribution is 5.99. The predicted octanol–water partition coefficient (Wildman–Crippen LogP) is 3.33. The normalized spacial score (nSPS) is 17.9. The summed E-state index contributed by atoms with van der Waals surface area (Å²) in [5, 5.41) is 0. The van der Waals surface area contributed by atoms with Crippen LogP contribution in [0.3, 0.4) is 0 Å². The number of hydrogen-bond donors (Lipinski definition) is 0. The van der Waals surface area contributed by atoms with Gasteiger partial charge < -0.3 is 0 Å². The molecule has 0 N–H and O–H groups in total. The van der Waals surface area contributed by atoms with Crippen molar-refractivity contribution < 1.29 is 18.0 Å². The smallest absolute Gasteiger partial charge is 0.294 e. The second-order valence-corrected chi connectivity index (χ2v) is 4.41. The van der Waals surface area contributed by atoms with Crippen molar-refractivity contribution in [3.63, 3.8) is 0 Å². The Hall–Kier alpha value is -1.39. The minimum Gasteiger partial charge on any atom is -0.294 e. The molecule has 1 fully saturated rings. The van der Waals surface area contributed by atoms with Crippen molar-refractivity contribution in [2.75, 3.05) is 0 Å². The molecule has 0 saturated heterocycles. The highest BCUT2D eigenvalue weighted by Crippen LogP contribution is 2.40. The van der Waals surface area contributed by atoms with Crippen LogP contribution in [0.1, 0.15) is 35.7 Å². The van der Waals surface area contributed by atoms with Crippen LogP contribution in [0, 0.1) is 11.8 Å². The van der Waals surface area contributed by atoms with Gasteiger partial charge in [0.1, 0.15) is 0 Å². The number of alkyl halides is 3. The molecular weight excluding hydrogens is 231 g/mol. The van der Waals surface area contributed by atoms with Crippen molar-refractivity contribution in [3.05, 3.63) is 29.6 Å². The van der Waals surface area contributed by atoms with Crippen LogP contribution >= 0.6 is 0 Å². The molecule has 0 radical (unpaired) electrons. The minimum absolute atomic E-state index is 0.240. The number of rotatable bonds is 3. The lowest BCUT2D eigenvalue weighted by Crippen LogP contribution is -2.19. The second-order valence-electron chi connectivity index (χ2n) is 4.41. The molecule has 1 aromatic rings. The molecule has 0 spiro atoms. The van der Waals surface area contributed by atoms with Crippen LogP contribution in [0.25, 0.3) is 0 Å². The highest BCUT2D eigenvalue weighted by Gasteiger charge is 2.39. The fourth-order valence-corrected chi connectivity index (χ4v) is 1.89. The molecule has 1 atom stereocenters. The number of ketones is 1. The number of Topliss-reactive ketones (excluding diaryl/α,β-unsaturated/α-hetero) is 1. The van der Waals surface area contributed by atoms with E-state index in [-0.39, 0.29) is 17.4 Å². The maximum Gasteiger partial charge on any atom is 0.417 e. The Labute approximate surface area is 96.9 Å². The standard InChI is InChI=1S/C12H12F3NO/c1-7(8-2-3-8)11(17)9-6-16-5-4-10(9)12(13,14)15/h4-8H,2-3H2,1H3. The van der Waals surface area contributed by atoms with Gasteiger partial charge in [-0.3, -0.25) is 9.78 Å². The summed E-state index contributed by atoms with van der Waals surface area (Å²) in [6.07, 6.45) is -0.578. The molecule has 5 heteroatoms. The average molecular weight is 243 g/mol. The van der Waals surface area contributed by atoms with Gasteiger partial charge in [0.2, 0.25) is 0 Å². The predicted molar refractivity (Wildman–Crippen MR) is 55.5 cm³/mol. The molecule has 0 aromatic carbocycles. The first-order valence-electron chi connectivity index (χ1n) is 5.46. The molecule has 17 heavy (non-hydrogen) atoms. The molecule has 1 aliphatic rings. The van der Waals surface area contributed by atoms with E-state index < -0.39 is 17.5 Å². The lowest BCUT2D eigenvalue weighted by molar-refractivity contribution is -0.138. The zero-order valence-electron chi connectivity index (χ0n) is 9.29. The summed E-state index contributed by atoms with van der Waals surface area (Å²) in [5.74, 6) is -0.558. The minimum atomic E-state index is -4.50. The lowest BCUT2D eigenvalue weighted by atomic mass is 9.93. The fourth-order valence-electron chi connectivity index (χ4n) is 1.89. The number of hydrogen-bond acceptors (Lipinski definition) is 2. The van der Waals surface area contributed by atoms with Crippen LogP contribution in [-0.4, -0.2) is 10.8 Å². The molecule has 1 unspecified atom stereocenters. The number of pyridine rings is 1. The van der Waals surface area contributed by atoms with E-state index >= 15 is 0 Å². The van der Waals surface area contributed by atoms with Crippen LogP contribution in [0.2, 0.25) is 0 Å². The van der Waals surface area contributed by atoms with Gasteiger partial charge in [-0.2, -0.15) is 13.2 Å². The van der Waals surface area contributed by atoms with Crippen molar-refractivity contribution in [1.29, 1.82) is 0 Å². The monoisotopic (exact) mass is 243 g/mol. The molecule has 92 valence electrons. The van der Waals surface area contributed by atoms with Crippen LogP contribution in [0.5, 0.6) is 0 Å². The van der Waals surface area contributed by atoms with Gasteiger partial charge in [0.25, 0.3) is 0 Å². The van der Waals surface area contributed by atoms with Gasteiger partial charge in [0.05, 0.1) is 5.56 Å². The molecule has 1 aliphatic carbocycles. The summed E-state index contributed by atoms with van der Waals surface area (Å²) >= 11 is 0. The van der Waals surface area contributed by atoms with Crippen LogP contribution in [-0.2, 0) is 6.18 Å². The summed E-state index contributed by atoms with van der Waals surface area (Å²) in [7, 11) is 0. The molecule has 2 rings (SSSR count). The summed E-state index contributed by atoms with van der Waals surface area (Å²) in [6, 6.07) is 0.854. The molecule has 1 saturated carbocycles. The van der Waals surface area contributed by atoms with Crippen molar-refractivity contribution in [3.8, 4) is 0 Å². The van der Waals surface area contributed by atoms with Crippen molar-refractivity contribution in [2.24, 2.45) is 11.8 Å². The van der Waals surface area contributed by atoms with E-state index in [9.17, 15) is 18.0 Å². The van der Waals surface area contributed by atoms with Gasteiger partial charge in [-0.05, 0) is 24.8 Å². The van der Waals surface area contributed by atoms with E-state index in [0.717, 1.165) is 31.3 Å². The van der Waals surface area contributed by atoms with Gasteiger partial charge in [0, 0.05) is 23.9 Å². The van der Waals surface area contributed by atoms with Crippen LogP contribution in [0.4, 0.5) is 13.2 Å². The Morgan fingerprint density at radius 1 is 1.47 bits per heavy atom. The largest absolute Gasteiger partial charge is 0.417 e.